The average molecular weight is 560 g/mol. The Balaban J connectivity index is 1.89. The van der Waals surface area contributed by atoms with E-state index in [1.807, 2.05) is 20.8 Å². The number of benzene rings is 1. The molecule has 152 valence electrons. The lowest BCUT2D eigenvalue weighted by Gasteiger charge is -2.29. The van der Waals surface area contributed by atoms with Crippen molar-refractivity contribution in [2.45, 2.75) is 69.6 Å². The lowest BCUT2D eigenvalue weighted by atomic mass is 10.0. The summed E-state index contributed by atoms with van der Waals surface area (Å²) in [5.74, 6) is 0.807. The Kier molecular flexibility index (Phi) is 6.74. The summed E-state index contributed by atoms with van der Waals surface area (Å²) >= 11 is 5.87. The molecule has 1 atom stereocenters. The van der Waals surface area contributed by atoms with E-state index >= 15 is 0 Å². The number of aromatic amines is 1. The van der Waals surface area contributed by atoms with E-state index in [2.05, 4.69) is 68.6 Å². The van der Waals surface area contributed by atoms with Gasteiger partial charge >= 0.3 is 6.09 Å². The van der Waals surface area contributed by atoms with E-state index in [9.17, 15) is 4.79 Å². The van der Waals surface area contributed by atoms with Crippen molar-refractivity contribution in [1.82, 2.24) is 14.9 Å². The highest BCUT2D eigenvalue weighted by Crippen LogP contribution is 2.33. The largest absolute Gasteiger partial charge is 0.444 e. The summed E-state index contributed by atoms with van der Waals surface area (Å²) in [6.45, 7) is 8.15. The maximum absolute atomic E-state index is 12.7. The van der Waals surface area contributed by atoms with Crippen LogP contribution in [0.4, 0.5) is 4.79 Å². The number of hydrogen-bond acceptors (Lipinski definition) is 3. The fraction of sp³-hybridized carbons (Fsp3) is 0.524. The third kappa shape index (κ3) is 5.09. The summed E-state index contributed by atoms with van der Waals surface area (Å²) in [5.41, 5.74) is 4.15. The first-order chi connectivity index (χ1) is 13.2. The summed E-state index contributed by atoms with van der Waals surface area (Å²) in [5, 5.41) is 0. The van der Waals surface area contributed by atoms with Crippen molar-refractivity contribution in [3.63, 3.8) is 0 Å². The van der Waals surface area contributed by atoms with Gasteiger partial charge in [-0.2, -0.15) is 0 Å². The summed E-state index contributed by atoms with van der Waals surface area (Å²) < 4.78 is 6.76. The van der Waals surface area contributed by atoms with Crippen LogP contribution in [0, 0.1) is 0 Å². The monoisotopic (exact) mass is 559 g/mol. The van der Waals surface area contributed by atoms with Crippen molar-refractivity contribution < 1.29 is 9.53 Å². The first-order valence-electron chi connectivity index (χ1n) is 9.68. The lowest BCUT2D eigenvalue weighted by Crippen LogP contribution is -2.40. The summed E-state index contributed by atoms with van der Waals surface area (Å²) in [6, 6.07) is 6.38. The summed E-state index contributed by atoms with van der Waals surface area (Å²) in [4.78, 5) is 22.9. The van der Waals surface area contributed by atoms with Crippen molar-refractivity contribution in [2.24, 2.45) is 0 Å². The molecular formula is C21H27BrIN3O2. The number of hydrogen-bond donors (Lipinski definition) is 1. The Morgan fingerprint density at radius 3 is 2.82 bits per heavy atom. The van der Waals surface area contributed by atoms with E-state index in [4.69, 9.17) is 9.72 Å². The van der Waals surface area contributed by atoms with E-state index in [0.717, 1.165) is 47.4 Å². The quantitative estimate of drug-likeness (QED) is 0.274. The van der Waals surface area contributed by atoms with Crippen LogP contribution in [0.3, 0.4) is 0 Å². The zero-order chi connectivity index (χ0) is 20.5. The molecule has 5 nitrogen and oxygen atoms in total. The van der Waals surface area contributed by atoms with Crippen molar-refractivity contribution in [2.75, 3.05) is 0 Å². The predicted molar refractivity (Wildman–Crippen MR) is 124 cm³/mol. The van der Waals surface area contributed by atoms with Crippen molar-refractivity contribution in [3.8, 4) is 11.3 Å². The molecule has 2 aromatic rings. The van der Waals surface area contributed by atoms with Gasteiger partial charge in [0.05, 0.1) is 16.3 Å². The molecule has 0 radical (unpaired) electrons. The smallest absolute Gasteiger partial charge is 0.411 e. The molecule has 1 aromatic heterocycles. The van der Waals surface area contributed by atoms with E-state index in [-0.39, 0.29) is 10.1 Å². The Bertz CT molecular complexity index is 860. The molecule has 28 heavy (non-hydrogen) atoms. The van der Waals surface area contributed by atoms with E-state index in [0.29, 0.717) is 6.54 Å². The average Bonchev–Trinajstić information content (AvgIpc) is 2.92. The van der Waals surface area contributed by atoms with Gasteiger partial charge in [-0.25, -0.2) is 9.78 Å². The predicted octanol–water partition coefficient (Wildman–Crippen LogP) is 6.24. The minimum Gasteiger partial charge on any atom is -0.444 e. The maximum atomic E-state index is 12.7. The van der Waals surface area contributed by atoms with Crippen LogP contribution in [-0.4, -0.2) is 30.6 Å². The zero-order valence-corrected chi connectivity index (χ0v) is 20.6. The van der Waals surface area contributed by atoms with Gasteiger partial charge < -0.3 is 9.72 Å². The molecule has 0 spiro atoms. The number of aryl methyl sites for hydroxylation is 2. The fourth-order valence-electron chi connectivity index (χ4n) is 3.38. The first kappa shape index (κ1) is 21.6. The molecule has 1 aliphatic carbocycles. The van der Waals surface area contributed by atoms with Crippen LogP contribution in [0.25, 0.3) is 11.3 Å². The number of nitrogens with zero attached hydrogens (tertiary/aromatic N) is 2. The minimum atomic E-state index is -0.522. The number of carbonyl (C=O) groups is 1. The minimum absolute atomic E-state index is 0.0422. The molecule has 3 rings (SSSR count). The van der Waals surface area contributed by atoms with Crippen LogP contribution < -0.4 is 0 Å². The van der Waals surface area contributed by atoms with Crippen LogP contribution in [-0.2, 0) is 24.1 Å². The van der Waals surface area contributed by atoms with Gasteiger partial charge in [-0.1, -0.05) is 51.5 Å². The molecule has 1 unspecified atom stereocenters. The molecule has 0 fully saturated rings. The third-order valence-corrected chi connectivity index (χ3v) is 6.69. The van der Waals surface area contributed by atoms with Gasteiger partial charge in [0.1, 0.15) is 11.4 Å². The van der Waals surface area contributed by atoms with Crippen LogP contribution in [0.15, 0.2) is 22.7 Å². The van der Waals surface area contributed by atoms with Crippen LogP contribution in [0.1, 0.15) is 57.6 Å². The van der Waals surface area contributed by atoms with Crippen molar-refractivity contribution in [1.29, 1.82) is 0 Å². The van der Waals surface area contributed by atoms with Crippen molar-refractivity contribution in [3.05, 3.63) is 39.8 Å². The Hall–Kier alpha value is -1.09. The Morgan fingerprint density at radius 1 is 1.39 bits per heavy atom. The number of imidazole rings is 1. The second kappa shape index (κ2) is 8.73. The number of fused-ring (bicyclic) bond motifs is 3. The number of rotatable bonds is 4. The van der Waals surface area contributed by atoms with E-state index in [1.54, 1.807) is 4.90 Å². The molecule has 0 bridgehead atoms. The van der Waals surface area contributed by atoms with Crippen molar-refractivity contribution >= 4 is 44.6 Å². The molecule has 1 N–H and O–H groups in total. The van der Waals surface area contributed by atoms with Gasteiger partial charge in [0.25, 0.3) is 0 Å². The molecule has 0 saturated heterocycles. The first-order valence-corrected chi connectivity index (χ1v) is 11.7. The lowest BCUT2D eigenvalue weighted by molar-refractivity contribution is 0.0215. The Morgan fingerprint density at radius 2 is 2.14 bits per heavy atom. The molecular weight excluding hydrogens is 533 g/mol. The van der Waals surface area contributed by atoms with Gasteiger partial charge in [0, 0.05) is 15.7 Å². The number of aromatic nitrogens is 2. The normalized spacial score (nSPS) is 14.6. The second-order valence-electron chi connectivity index (χ2n) is 8.12. The maximum Gasteiger partial charge on any atom is 0.411 e. The fourth-order valence-corrected chi connectivity index (χ4v) is 4.21. The highest BCUT2D eigenvalue weighted by Gasteiger charge is 2.28. The number of carbonyl (C=O) groups excluding carboxylic acids is 1. The third-order valence-electron chi connectivity index (χ3n) is 4.65. The standard InChI is InChI=1S/C21H27BrIN3O2/c1-5-17(23)26(20(27)28-21(2,3)4)12-18-24-16-8-6-7-13-11-14(22)9-10-15(13)19(16)25-18/h9-11,17H,5-8,12H2,1-4H3,(H,24,25). The van der Waals surface area contributed by atoms with Gasteiger partial charge in [0.2, 0.25) is 0 Å². The molecule has 0 aliphatic heterocycles. The van der Waals surface area contributed by atoms with Gasteiger partial charge in [0.15, 0.2) is 0 Å². The molecule has 1 aliphatic rings. The van der Waals surface area contributed by atoms with Gasteiger partial charge in [-0.05, 0) is 64.2 Å². The topological polar surface area (TPSA) is 58.2 Å². The number of alkyl halides is 1. The molecule has 1 heterocycles. The molecule has 1 amide bonds. The van der Waals surface area contributed by atoms with Gasteiger partial charge in [-0.15, -0.1) is 0 Å². The van der Waals surface area contributed by atoms with Crippen LogP contribution in [0.5, 0.6) is 0 Å². The SMILES string of the molecule is CCC(I)N(Cc1nc2c([nH]1)CCCc1cc(Br)ccc1-2)C(=O)OC(C)(C)C. The molecule has 7 heteroatoms. The number of nitrogens with one attached hydrogen (secondary N) is 1. The van der Waals surface area contributed by atoms with Gasteiger partial charge in [-0.3, -0.25) is 4.90 Å². The Labute approximate surface area is 188 Å². The second-order valence-corrected chi connectivity index (χ2v) is 10.5. The van der Waals surface area contributed by atoms with E-state index in [1.165, 1.54) is 11.1 Å². The van der Waals surface area contributed by atoms with E-state index < -0.39 is 5.60 Å². The summed E-state index contributed by atoms with van der Waals surface area (Å²) in [7, 11) is 0. The molecule has 1 aromatic carbocycles. The summed E-state index contributed by atoms with van der Waals surface area (Å²) in [6.07, 6.45) is 3.63. The highest BCUT2D eigenvalue weighted by atomic mass is 127. The number of H-pyrrole nitrogens is 1. The van der Waals surface area contributed by atoms with Crippen LogP contribution >= 0.6 is 38.5 Å². The zero-order valence-electron chi connectivity index (χ0n) is 16.8. The highest BCUT2D eigenvalue weighted by molar-refractivity contribution is 14.1. The number of halogens is 2. The van der Waals surface area contributed by atoms with Crippen LogP contribution in [0.2, 0.25) is 0 Å². The molecule has 0 saturated carbocycles. The number of amides is 1. The number of ether oxygens (including phenoxy) is 1.